The third-order valence-electron chi connectivity index (χ3n) is 3.37. The van der Waals surface area contributed by atoms with E-state index >= 15 is 0 Å². The minimum absolute atomic E-state index is 0.0893. The molecule has 1 aromatic rings. The van der Waals surface area contributed by atoms with Crippen LogP contribution in [0.4, 0.5) is 5.95 Å². The monoisotopic (exact) mass is 311 g/mol. The molecule has 1 aromatic heterocycles. The summed E-state index contributed by atoms with van der Waals surface area (Å²) in [4.78, 5) is 25.8. The fourth-order valence-electron chi connectivity index (χ4n) is 1.96. The molecule has 1 fully saturated rings. The Kier molecular flexibility index (Phi) is 6.44. The fraction of sp³-hybridized carbons (Fsp3) is 0.692. The molecular formula is C13H21N5O4. The number of hydrogen-bond donors (Lipinski definition) is 1. The van der Waals surface area contributed by atoms with Gasteiger partial charge in [-0.05, 0) is 6.42 Å². The van der Waals surface area contributed by atoms with Gasteiger partial charge in [0, 0.05) is 26.7 Å². The molecule has 0 bridgehead atoms. The Bertz CT molecular complexity index is 537. The van der Waals surface area contributed by atoms with Gasteiger partial charge in [0.1, 0.15) is 6.33 Å². The maximum atomic E-state index is 11.9. The summed E-state index contributed by atoms with van der Waals surface area (Å²) in [7, 11) is 1.52. The predicted molar refractivity (Wildman–Crippen MR) is 79.3 cm³/mol. The van der Waals surface area contributed by atoms with Crippen molar-refractivity contribution >= 4 is 12.3 Å². The van der Waals surface area contributed by atoms with E-state index < -0.39 is 5.69 Å². The Hall–Kier alpha value is -1.84. The maximum absolute atomic E-state index is 11.9. The van der Waals surface area contributed by atoms with Crippen LogP contribution in [0.15, 0.2) is 16.1 Å². The number of aliphatic hydroxyl groups excluding tert-OH is 1. The van der Waals surface area contributed by atoms with E-state index in [1.165, 1.54) is 18.0 Å². The number of rotatable bonds is 7. The van der Waals surface area contributed by atoms with Crippen molar-refractivity contribution in [2.75, 3.05) is 40.0 Å². The molecule has 2 heterocycles. The Labute approximate surface area is 128 Å². The van der Waals surface area contributed by atoms with Crippen molar-refractivity contribution in [3.63, 3.8) is 0 Å². The Morgan fingerprint density at radius 2 is 2.32 bits per heavy atom. The molecule has 0 aromatic carbocycles. The van der Waals surface area contributed by atoms with Gasteiger partial charge in [-0.3, -0.25) is 4.57 Å². The first kappa shape index (κ1) is 16.5. The second-order valence-corrected chi connectivity index (χ2v) is 4.85. The van der Waals surface area contributed by atoms with E-state index in [4.69, 9.17) is 14.6 Å². The zero-order valence-corrected chi connectivity index (χ0v) is 12.6. The van der Waals surface area contributed by atoms with Gasteiger partial charge < -0.3 is 19.5 Å². The maximum Gasteiger partial charge on any atom is 0.352 e. The van der Waals surface area contributed by atoms with Crippen molar-refractivity contribution in [2.45, 2.75) is 19.1 Å². The highest BCUT2D eigenvalue weighted by atomic mass is 16.5. The molecule has 1 atom stereocenters. The van der Waals surface area contributed by atoms with Gasteiger partial charge in [0.25, 0.3) is 5.95 Å². The molecule has 9 heteroatoms. The van der Waals surface area contributed by atoms with Gasteiger partial charge in [-0.2, -0.15) is 4.98 Å². The van der Waals surface area contributed by atoms with Gasteiger partial charge >= 0.3 is 5.69 Å². The molecule has 0 saturated carbocycles. The number of aliphatic imine (C=N–C) groups is 1. The summed E-state index contributed by atoms with van der Waals surface area (Å²) in [6, 6.07) is 0. The molecule has 0 aliphatic carbocycles. The van der Waals surface area contributed by atoms with Crippen molar-refractivity contribution in [1.82, 2.24) is 19.4 Å². The highest BCUT2D eigenvalue weighted by molar-refractivity contribution is 5.58. The summed E-state index contributed by atoms with van der Waals surface area (Å²) in [5.41, 5.74) is -0.420. The van der Waals surface area contributed by atoms with Crippen LogP contribution in [0.3, 0.4) is 0 Å². The number of morpholine rings is 1. The largest absolute Gasteiger partial charge is 0.394 e. The van der Waals surface area contributed by atoms with Gasteiger partial charge in [0.2, 0.25) is 0 Å². The SMILES string of the molecule is COC(CO)CCn1cnc(/N=C/N2CCOCC2)nc1=O. The average molecular weight is 311 g/mol. The van der Waals surface area contributed by atoms with Crippen LogP contribution in [0.25, 0.3) is 0 Å². The third-order valence-corrected chi connectivity index (χ3v) is 3.37. The number of nitrogens with zero attached hydrogens (tertiary/aromatic N) is 5. The number of methoxy groups -OCH3 is 1. The normalized spacial score (nSPS) is 17.1. The molecule has 9 nitrogen and oxygen atoms in total. The number of aryl methyl sites for hydroxylation is 1. The third kappa shape index (κ3) is 4.86. The molecule has 0 spiro atoms. The molecule has 1 unspecified atom stereocenters. The molecule has 0 amide bonds. The van der Waals surface area contributed by atoms with Gasteiger partial charge in [-0.15, -0.1) is 0 Å². The van der Waals surface area contributed by atoms with E-state index in [1.807, 2.05) is 4.90 Å². The quantitative estimate of drug-likeness (QED) is 0.510. The highest BCUT2D eigenvalue weighted by Crippen LogP contribution is 2.01. The summed E-state index contributed by atoms with van der Waals surface area (Å²) in [6.07, 6.45) is 3.25. The topological polar surface area (TPSA) is 102 Å². The lowest BCUT2D eigenvalue weighted by atomic mass is 10.2. The molecule has 1 saturated heterocycles. The molecule has 1 N–H and O–H groups in total. The minimum atomic E-state index is -0.420. The lowest BCUT2D eigenvalue weighted by Crippen LogP contribution is -2.35. The number of ether oxygens (including phenoxy) is 2. The Morgan fingerprint density at radius 1 is 1.55 bits per heavy atom. The van der Waals surface area contributed by atoms with Crippen molar-refractivity contribution in [1.29, 1.82) is 0 Å². The first-order valence-electron chi connectivity index (χ1n) is 7.16. The van der Waals surface area contributed by atoms with Crippen LogP contribution in [-0.4, -0.2) is 77.0 Å². The molecule has 1 aliphatic rings. The van der Waals surface area contributed by atoms with E-state index in [1.54, 1.807) is 6.34 Å². The molecule has 2 rings (SSSR count). The van der Waals surface area contributed by atoms with Crippen molar-refractivity contribution in [3.05, 3.63) is 16.8 Å². The Morgan fingerprint density at radius 3 is 2.95 bits per heavy atom. The molecule has 22 heavy (non-hydrogen) atoms. The smallest absolute Gasteiger partial charge is 0.352 e. The number of aromatic nitrogens is 3. The van der Waals surface area contributed by atoms with Crippen LogP contribution in [0.5, 0.6) is 0 Å². The van der Waals surface area contributed by atoms with Crippen LogP contribution in [0.1, 0.15) is 6.42 Å². The summed E-state index contributed by atoms with van der Waals surface area (Å²) in [6.45, 7) is 3.15. The second-order valence-electron chi connectivity index (χ2n) is 4.85. The molecular weight excluding hydrogens is 290 g/mol. The van der Waals surface area contributed by atoms with Crippen molar-refractivity contribution in [2.24, 2.45) is 4.99 Å². The summed E-state index contributed by atoms with van der Waals surface area (Å²) < 4.78 is 11.7. The van der Waals surface area contributed by atoms with Crippen LogP contribution in [0.2, 0.25) is 0 Å². The van der Waals surface area contributed by atoms with Gasteiger partial charge in [0.15, 0.2) is 0 Å². The van der Waals surface area contributed by atoms with E-state index in [2.05, 4.69) is 15.0 Å². The Balaban J connectivity index is 1.94. The van der Waals surface area contributed by atoms with Gasteiger partial charge in [-0.1, -0.05) is 0 Å². The molecule has 1 aliphatic heterocycles. The van der Waals surface area contributed by atoms with Crippen molar-refractivity contribution in [3.8, 4) is 0 Å². The van der Waals surface area contributed by atoms with E-state index in [-0.39, 0.29) is 18.7 Å². The lowest BCUT2D eigenvalue weighted by molar-refractivity contribution is 0.0400. The van der Waals surface area contributed by atoms with Crippen LogP contribution in [0, 0.1) is 0 Å². The first-order valence-corrected chi connectivity index (χ1v) is 7.16. The second kappa shape index (κ2) is 8.57. The zero-order chi connectivity index (χ0) is 15.8. The average Bonchev–Trinajstić information content (AvgIpc) is 2.56. The summed E-state index contributed by atoms with van der Waals surface area (Å²) >= 11 is 0. The van der Waals surface area contributed by atoms with Crippen LogP contribution in [-0.2, 0) is 16.0 Å². The molecule has 0 radical (unpaired) electrons. The minimum Gasteiger partial charge on any atom is -0.394 e. The van der Waals surface area contributed by atoms with Crippen LogP contribution < -0.4 is 5.69 Å². The highest BCUT2D eigenvalue weighted by Gasteiger charge is 2.08. The summed E-state index contributed by atoms with van der Waals surface area (Å²) in [5.74, 6) is 0.137. The van der Waals surface area contributed by atoms with Gasteiger partial charge in [0.05, 0.1) is 32.3 Å². The van der Waals surface area contributed by atoms with E-state index in [0.29, 0.717) is 26.2 Å². The standard InChI is InChI=1S/C13H21N5O4/c1-21-11(8-19)2-3-18-10-15-12(16-13(18)20)14-9-17-4-6-22-7-5-17/h9-11,19H,2-8H2,1H3/b14-9+. The van der Waals surface area contributed by atoms with E-state index in [0.717, 1.165) is 13.1 Å². The van der Waals surface area contributed by atoms with Crippen molar-refractivity contribution < 1.29 is 14.6 Å². The number of aliphatic hydroxyl groups is 1. The van der Waals surface area contributed by atoms with Gasteiger partial charge in [-0.25, -0.2) is 14.8 Å². The van der Waals surface area contributed by atoms with Crippen LogP contribution >= 0.6 is 0 Å². The predicted octanol–water partition coefficient (Wildman–Crippen LogP) is -0.972. The summed E-state index contributed by atoms with van der Waals surface area (Å²) in [5, 5.41) is 9.03. The molecule has 122 valence electrons. The lowest BCUT2D eigenvalue weighted by Gasteiger charge is -2.23. The van der Waals surface area contributed by atoms with E-state index in [9.17, 15) is 4.79 Å². The zero-order valence-electron chi connectivity index (χ0n) is 12.6. The fourth-order valence-corrected chi connectivity index (χ4v) is 1.96. The number of hydrogen-bond acceptors (Lipinski definition) is 7. The first-order chi connectivity index (χ1) is 10.7.